The van der Waals surface area contributed by atoms with E-state index in [0.717, 1.165) is 17.4 Å². The van der Waals surface area contributed by atoms with Crippen LogP contribution in [0.1, 0.15) is 44.7 Å². The maximum atomic E-state index is 13.4. The third kappa shape index (κ3) is 8.93. The minimum absolute atomic E-state index is 0.0730. The molecule has 0 radical (unpaired) electrons. The fourth-order valence-electron chi connectivity index (χ4n) is 3.82. The van der Waals surface area contributed by atoms with Crippen LogP contribution in [-0.2, 0) is 26.2 Å². The molecule has 10 heteroatoms. The van der Waals surface area contributed by atoms with Gasteiger partial charge in [-0.3, -0.25) is 13.9 Å². The molecule has 0 aromatic heterocycles. The summed E-state index contributed by atoms with van der Waals surface area (Å²) in [5.74, 6) is 0.272. The third-order valence-electron chi connectivity index (χ3n) is 6.03. The van der Waals surface area contributed by atoms with Crippen molar-refractivity contribution in [3.8, 4) is 5.75 Å². The number of carbonyl (C=O) groups is 2. The van der Waals surface area contributed by atoms with Crippen molar-refractivity contribution in [3.63, 3.8) is 0 Å². The van der Waals surface area contributed by atoms with Crippen molar-refractivity contribution in [1.82, 2.24) is 10.2 Å². The number of anilines is 1. The number of carbonyl (C=O) groups excluding carboxylic acids is 2. The summed E-state index contributed by atoms with van der Waals surface area (Å²) in [6.07, 6.45) is 1.45. The zero-order valence-electron chi connectivity index (χ0n) is 22.5. The van der Waals surface area contributed by atoms with Gasteiger partial charge in [-0.2, -0.15) is 0 Å². The first-order valence-corrected chi connectivity index (χ1v) is 14.5. The van der Waals surface area contributed by atoms with Gasteiger partial charge in [0.15, 0.2) is 0 Å². The number of methoxy groups -OCH3 is 1. The van der Waals surface area contributed by atoms with E-state index in [2.05, 4.69) is 5.32 Å². The van der Waals surface area contributed by atoms with Crippen LogP contribution in [0.15, 0.2) is 42.5 Å². The Labute approximate surface area is 226 Å². The quantitative estimate of drug-likeness (QED) is 0.398. The number of benzene rings is 2. The topological polar surface area (TPSA) is 96.0 Å². The second kappa shape index (κ2) is 13.7. The van der Waals surface area contributed by atoms with Crippen LogP contribution in [0.4, 0.5) is 5.69 Å². The number of hydrogen-bond donors (Lipinski definition) is 1. The molecule has 204 valence electrons. The highest BCUT2D eigenvalue weighted by molar-refractivity contribution is 7.92. The molecular weight excluding hydrogens is 514 g/mol. The fourth-order valence-corrected chi connectivity index (χ4v) is 5.03. The van der Waals surface area contributed by atoms with Gasteiger partial charge in [-0.05, 0) is 55.5 Å². The predicted octanol–water partition coefficient (Wildman–Crippen LogP) is 4.39. The largest absolute Gasteiger partial charge is 0.495 e. The molecule has 0 saturated heterocycles. The van der Waals surface area contributed by atoms with Crippen LogP contribution in [0.3, 0.4) is 0 Å². The smallest absolute Gasteiger partial charge is 0.242 e. The molecule has 0 saturated carbocycles. The monoisotopic (exact) mass is 551 g/mol. The normalized spacial score (nSPS) is 12.2. The van der Waals surface area contributed by atoms with Crippen LogP contribution in [0.5, 0.6) is 5.75 Å². The Bertz CT molecular complexity index is 1190. The van der Waals surface area contributed by atoms with Crippen molar-refractivity contribution in [2.24, 2.45) is 5.92 Å². The molecule has 1 N–H and O–H groups in total. The number of hydrogen-bond acceptors (Lipinski definition) is 5. The summed E-state index contributed by atoms with van der Waals surface area (Å²) in [5, 5.41) is 3.19. The van der Waals surface area contributed by atoms with Crippen LogP contribution in [-0.4, -0.2) is 57.6 Å². The number of aryl methyl sites for hydroxylation is 1. The maximum Gasteiger partial charge on any atom is 0.242 e. The molecule has 2 aromatic rings. The van der Waals surface area contributed by atoms with Crippen LogP contribution < -0.4 is 14.4 Å². The number of amides is 2. The van der Waals surface area contributed by atoms with Crippen molar-refractivity contribution in [2.45, 2.75) is 53.1 Å². The number of nitrogens with one attached hydrogen (secondary N) is 1. The first kappa shape index (κ1) is 30.4. The van der Waals surface area contributed by atoms with Crippen molar-refractivity contribution in [1.29, 1.82) is 0 Å². The molecular formula is C27H38ClN3O5S. The van der Waals surface area contributed by atoms with Crippen LogP contribution >= 0.6 is 11.6 Å². The lowest BCUT2D eigenvalue weighted by Gasteiger charge is -2.30. The van der Waals surface area contributed by atoms with Gasteiger partial charge in [0.1, 0.15) is 11.8 Å². The van der Waals surface area contributed by atoms with Crippen molar-refractivity contribution in [2.75, 3.05) is 30.8 Å². The molecule has 0 heterocycles. The summed E-state index contributed by atoms with van der Waals surface area (Å²) >= 11 is 6.20. The highest BCUT2D eigenvalue weighted by Gasteiger charge is 2.27. The number of ether oxygens (including phenoxy) is 1. The van der Waals surface area contributed by atoms with Gasteiger partial charge < -0.3 is 15.0 Å². The summed E-state index contributed by atoms with van der Waals surface area (Å²) in [4.78, 5) is 27.8. The zero-order valence-corrected chi connectivity index (χ0v) is 24.0. The van der Waals surface area contributed by atoms with Crippen LogP contribution in [0.2, 0.25) is 5.02 Å². The predicted molar refractivity (Wildman–Crippen MR) is 148 cm³/mol. The average Bonchev–Trinajstić information content (AvgIpc) is 2.83. The molecule has 2 rings (SSSR count). The van der Waals surface area contributed by atoms with E-state index in [-0.39, 0.29) is 48.7 Å². The second-order valence-electron chi connectivity index (χ2n) is 9.52. The lowest BCUT2D eigenvalue weighted by atomic mass is 10.1. The van der Waals surface area contributed by atoms with E-state index in [1.807, 2.05) is 45.0 Å². The van der Waals surface area contributed by atoms with E-state index in [4.69, 9.17) is 16.3 Å². The highest BCUT2D eigenvalue weighted by atomic mass is 35.5. The van der Waals surface area contributed by atoms with Gasteiger partial charge in [0.25, 0.3) is 0 Å². The Kier molecular flexibility index (Phi) is 11.3. The Balaban J connectivity index is 2.19. The van der Waals surface area contributed by atoms with Crippen molar-refractivity contribution < 1.29 is 22.7 Å². The number of halogens is 1. The minimum atomic E-state index is -3.63. The van der Waals surface area contributed by atoms with E-state index < -0.39 is 16.1 Å². The zero-order chi connectivity index (χ0) is 27.8. The molecule has 8 nitrogen and oxygen atoms in total. The summed E-state index contributed by atoms with van der Waals surface area (Å²) < 4.78 is 31.4. The van der Waals surface area contributed by atoms with E-state index in [1.54, 1.807) is 24.0 Å². The molecule has 0 bridgehead atoms. The van der Waals surface area contributed by atoms with Crippen molar-refractivity contribution in [3.05, 3.63) is 58.6 Å². The lowest BCUT2D eigenvalue weighted by molar-refractivity contribution is -0.140. The van der Waals surface area contributed by atoms with Crippen LogP contribution in [0, 0.1) is 12.8 Å². The highest BCUT2D eigenvalue weighted by Crippen LogP contribution is 2.30. The van der Waals surface area contributed by atoms with Gasteiger partial charge in [0.05, 0.1) is 24.1 Å². The Morgan fingerprint density at radius 1 is 1.11 bits per heavy atom. The Hall–Kier alpha value is -2.78. The molecule has 1 atom stereocenters. The summed E-state index contributed by atoms with van der Waals surface area (Å²) in [7, 11) is -2.15. The molecule has 0 spiro atoms. The van der Waals surface area contributed by atoms with Crippen molar-refractivity contribution >= 4 is 39.1 Å². The van der Waals surface area contributed by atoms with Gasteiger partial charge in [-0.1, -0.05) is 49.7 Å². The van der Waals surface area contributed by atoms with E-state index in [9.17, 15) is 18.0 Å². The Morgan fingerprint density at radius 3 is 2.35 bits per heavy atom. The molecule has 0 fully saturated rings. The molecule has 2 amide bonds. The summed E-state index contributed by atoms with van der Waals surface area (Å²) in [5.41, 5.74) is 2.36. The van der Waals surface area contributed by atoms with Gasteiger partial charge in [0.2, 0.25) is 21.8 Å². The Morgan fingerprint density at radius 2 is 1.78 bits per heavy atom. The van der Waals surface area contributed by atoms with Gasteiger partial charge in [0, 0.05) is 26.1 Å². The van der Waals surface area contributed by atoms with Gasteiger partial charge >= 0.3 is 0 Å². The van der Waals surface area contributed by atoms with Gasteiger partial charge in [-0.25, -0.2) is 8.42 Å². The molecule has 0 unspecified atom stereocenters. The summed E-state index contributed by atoms with van der Waals surface area (Å²) in [6.45, 7) is 8.57. The van der Waals surface area contributed by atoms with Gasteiger partial charge in [-0.15, -0.1) is 0 Å². The molecule has 0 aliphatic carbocycles. The third-order valence-corrected chi connectivity index (χ3v) is 7.52. The van der Waals surface area contributed by atoms with E-state index >= 15 is 0 Å². The number of rotatable bonds is 13. The average molecular weight is 552 g/mol. The van der Waals surface area contributed by atoms with E-state index in [0.29, 0.717) is 18.0 Å². The maximum absolute atomic E-state index is 13.4. The first-order valence-electron chi connectivity index (χ1n) is 12.3. The van der Waals surface area contributed by atoms with Crippen LogP contribution in [0.25, 0.3) is 0 Å². The molecule has 37 heavy (non-hydrogen) atoms. The number of nitrogens with zero attached hydrogens (tertiary/aromatic N) is 2. The van der Waals surface area contributed by atoms with E-state index in [1.165, 1.54) is 17.5 Å². The first-order chi connectivity index (χ1) is 17.3. The minimum Gasteiger partial charge on any atom is -0.495 e. The lowest BCUT2D eigenvalue weighted by Crippen LogP contribution is -2.48. The standard InChI is InChI=1S/C27H38ClN3O5S/c1-19(2)17-29-27(33)21(4)30(18-22-11-8-7-10-20(22)3)26(32)12-9-15-31(37(6,34)35)23-13-14-25(36-5)24(28)16-23/h7-8,10-11,13-14,16,19,21H,9,12,15,17-18H2,1-6H3,(H,29,33)/t21-/m1/s1. The summed E-state index contributed by atoms with van der Waals surface area (Å²) in [6, 6.07) is 11.8. The molecule has 0 aliphatic heterocycles. The second-order valence-corrected chi connectivity index (χ2v) is 11.8. The fraction of sp³-hybridized carbons (Fsp3) is 0.481. The number of sulfonamides is 1. The SMILES string of the molecule is COc1ccc(N(CCCC(=O)N(Cc2ccccc2C)[C@H](C)C(=O)NCC(C)C)S(C)(=O)=O)cc1Cl. The molecule has 0 aliphatic rings. The molecule has 2 aromatic carbocycles.